The van der Waals surface area contributed by atoms with E-state index < -0.39 is 5.97 Å². The molecule has 0 radical (unpaired) electrons. The zero-order chi connectivity index (χ0) is 85.2. The molecular weight excluding hydrogens is 1510 g/mol. The molecule has 0 saturated carbocycles. The van der Waals surface area contributed by atoms with Gasteiger partial charge in [0.15, 0.2) is 23.0 Å². The Morgan fingerprint density at radius 2 is 0.410 bits per heavy atom. The van der Waals surface area contributed by atoms with Crippen molar-refractivity contribution in [2.45, 2.75) is 324 Å². The van der Waals surface area contributed by atoms with Crippen LogP contribution in [0.2, 0.25) is 0 Å². The highest BCUT2D eigenvalue weighted by Crippen LogP contribution is 2.38. The van der Waals surface area contributed by atoms with Gasteiger partial charge in [-0.2, -0.15) is 0 Å². The molecule has 122 heavy (non-hydrogen) atoms. The van der Waals surface area contributed by atoms with Crippen LogP contribution in [0.5, 0.6) is 57.5 Å². The second-order valence-corrected chi connectivity index (χ2v) is 33.3. The van der Waals surface area contributed by atoms with Gasteiger partial charge in [-0.15, -0.1) is 0 Å². The largest absolute Gasteiger partial charge is 0.494 e. The molecule has 9 rings (SSSR count). The lowest BCUT2D eigenvalue weighted by Gasteiger charge is -2.16. The van der Waals surface area contributed by atoms with Crippen LogP contribution < -0.4 is 47.4 Å². The summed E-state index contributed by atoms with van der Waals surface area (Å²) >= 11 is 0. The van der Waals surface area contributed by atoms with Crippen LogP contribution in [0, 0.1) is 0 Å². The SMILES string of the molecule is CCCCCCCCCCCCOc1ccc(COc2ccc(-c3ccc(COc4cc(OCc5ccc(-c6ccc(OCc7ccc(OCCCCCCCCCCCC)cc7)c(OCc7ccc(OCCCCCCCCCCCC)cc7)c6)cc5)cc(C(=O)OC)c4)cc3)cc2OCc2ccc(OCCCCCCCCCCCC)cc2)cc1. The summed E-state index contributed by atoms with van der Waals surface area (Å²) in [5.41, 5.74) is 10.3. The molecule has 0 amide bonds. The van der Waals surface area contributed by atoms with Crippen molar-refractivity contribution in [1.82, 2.24) is 0 Å². The number of methoxy groups -OCH3 is 1. The molecule has 0 aromatic heterocycles. The van der Waals surface area contributed by atoms with E-state index in [4.69, 9.17) is 52.1 Å². The van der Waals surface area contributed by atoms with Crippen LogP contribution in [-0.2, 0) is 44.4 Å². The lowest BCUT2D eigenvalue weighted by Crippen LogP contribution is -2.04. The molecular formula is C110H148O12. The first-order valence-corrected chi connectivity index (χ1v) is 47.6. The topological polar surface area (TPSA) is 119 Å². The highest BCUT2D eigenvalue weighted by molar-refractivity contribution is 5.90. The Morgan fingerprint density at radius 1 is 0.197 bits per heavy atom. The monoisotopic (exact) mass is 1660 g/mol. The molecule has 0 spiro atoms. The smallest absolute Gasteiger partial charge is 0.338 e. The van der Waals surface area contributed by atoms with Crippen LogP contribution in [0.4, 0.5) is 0 Å². The maximum absolute atomic E-state index is 13.1. The molecule has 0 aliphatic rings. The lowest BCUT2D eigenvalue weighted by molar-refractivity contribution is 0.0599. The van der Waals surface area contributed by atoms with Gasteiger partial charge < -0.3 is 52.1 Å². The number of ether oxygens (including phenoxy) is 11. The molecule has 0 N–H and O–H groups in total. The van der Waals surface area contributed by atoms with Crippen molar-refractivity contribution in [3.05, 3.63) is 239 Å². The predicted molar refractivity (Wildman–Crippen MR) is 503 cm³/mol. The number of carbonyl (C=O) groups excluding carboxylic acids is 1. The van der Waals surface area contributed by atoms with Gasteiger partial charge in [0.1, 0.15) is 74.1 Å². The summed E-state index contributed by atoms with van der Waals surface area (Å²) in [7, 11) is 1.37. The fourth-order valence-corrected chi connectivity index (χ4v) is 15.2. The molecule has 0 heterocycles. The van der Waals surface area contributed by atoms with Crippen LogP contribution in [0.1, 0.15) is 328 Å². The Hall–Kier alpha value is -9.55. The number of hydrogen-bond donors (Lipinski definition) is 0. The van der Waals surface area contributed by atoms with Gasteiger partial charge in [0.05, 0.1) is 39.1 Å². The molecule has 0 fully saturated rings. The number of benzene rings is 9. The number of unbranched alkanes of at least 4 members (excludes halogenated alkanes) is 36. The summed E-state index contributed by atoms with van der Waals surface area (Å²) in [6.07, 6.45) is 51.9. The first kappa shape index (κ1) is 96.3. The Morgan fingerprint density at radius 3 is 0.656 bits per heavy atom. The molecule has 9 aromatic carbocycles. The van der Waals surface area contributed by atoms with E-state index in [-0.39, 0.29) is 13.2 Å². The molecule has 0 bridgehead atoms. The Balaban J connectivity index is 0.792. The Kier molecular flexibility index (Phi) is 47.4. The summed E-state index contributed by atoms with van der Waals surface area (Å²) in [4.78, 5) is 13.1. The molecule has 0 saturated heterocycles. The molecule has 12 nitrogen and oxygen atoms in total. The number of hydrogen-bond acceptors (Lipinski definition) is 12. The van der Waals surface area contributed by atoms with Crippen molar-refractivity contribution in [1.29, 1.82) is 0 Å². The summed E-state index contributed by atoms with van der Waals surface area (Å²) in [6.45, 7) is 13.9. The van der Waals surface area contributed by atoms with Crippen molar-refractivity contribution >= 4 is 5.97 Å². The van der Waals surface area contributed by atoms with E-state index in [9.17, 15) is 4.79 Å². The fourth-order valence-electron chi connectivity index (χ4n) is 15.2. The standard InChI is InChI=1S/C110H148O12/c1-6-10-14-18-22-26-30-34-38-42-74-113-100-64-50-91(51-65-100)85-119-106-72-62-97(80-108(106)121-87-93-54-68-102(69-55-93)115-76-44-40-36-32-28-24-20-16-12-8-3)95-58-46-89(47-59-95)83-117-104-78-99(110(111)112-5)79-105(82-104)118-84-90-48-60-96(61-49-90)98-63-73-107(120-86-92-52-66-101(67-53-92)114-75-43-39-35-31-27-23-19-15-11-7-2)109(81-98)122-88-94-56-70-103(71-57-94)116-77-45-41-37-33-29-25-21-17-13-9-4/h46-73,78-82H,6-45,74-77,83-88H2,1-5H3. The van der Waals surface area contributed by atoms with Gasteiger partial charge in [0.25, 0.3) is 0 Å². The van der Waals surface area contributed by atoms with E-state index in [1.54, 1.807) is 12.1 Å². The third-order valence-corrected chi connectivity index (χ3v) is 22.9. The van der Waals surface area contributed by atoms with E-state index in [0.29, 0.717) is 66.5 Å². The first-order valence-electron chi connectivity index (χ1n) is 47.6. The molecule has 0 unspecified atom stereocenters. The maximum Gasteiger partial charge on any atom is 0.338 e. The minimum Gasteiger partial charge on any atom is -0.494 e. The summed E-state index contributed by atoms with van der Waals surface area (Å²) in [5.74, 6) is 6.54. The molecule has 9 aromatic rings. The van der Waals surface area contributed by atoms with Crippen molar-refractivity contribution in [2.24, 2.45) is 0 Å². The maximum atomic E-state index is 13.1. The molecule has 0 aliphatic carbocycles. The highest BCUT2D eigenvalue weighted by Gasteiger charge is 2.17. The predicted octanol–water partition coefficient (Wildman–Crippen LogP) is 31.5. The third kappa shape index (κ3) is 38.9. The Labute approximate surface area is 735 Å². The van der Waals surface area contributed by atoms with Crippen LogP contribution in [0.25, 0.3) is 22.3 Å². The van der Waals surface area contributed by atoms with E-state index in [2.05, 4.69) is 149 Å². The van der Waals surface area contributed by atoms with Crippen molar-refractivity contribution < 1.29 is 56.9 Å². The van der Waals surface area contributed by atoms with E-state index in [1.807, 2.05) is 66.7 Å². The fraction of sp³-hybridized carbons (Fsp3) is 0.500. The number of esters is 1. The van der Waals surface area contributed by atoms with Gasteiger partial charge in [-0.1, -0.05) is 368 Å². The number of rotatable bonds is 69. The van der Waals surface area contributed by atoms with Crippen LogP contribution >= 0.6 is 0 Å². The quantitative estimate of drug-likeness (QED) is 0.0267. The van der Waals surface area contributed by atoms with Gasteiger partial charge in [-0.3, -0.25) is 0 Å². The zero-order valence-electron chi connectivity index (χ0n) is 75.3. The minimum atomic E-state index is -0.494. The molecule has 12 heteroatoms. The van der Waals surface area contributed by atoms with Crippen molar-refractivity contribution in [2.75, 3.05) is 33.5 Å². The van der Waals surface area contributed by atoms with Gasteiger partial charge >= 0.3 is 5.97 Å². The summed E-state index contributed by atoms with van der Waals surface area (Å²) < 4.78 is 69.1. The lowest BCUT2D eigenvalue weighted by atomic mass is 10.0. The first-order chi connectivity index (χ1) is 60.2. The van der Waals surface area contributed by atoms with Crippen LogP contribution in [-0.4, -0.2) is 39.5 Å². The van der Waals surface area contributed by atoms with Crippen molar-refractivity contribution in [3.8, 4) is 79.7 Å². The highest BCUT2D eigenvalue weighted by atomic mass is 16.5. The average molecular weight is 1660 g/mol. The van der Waals surface area contributed by atoms with E-state index in [1.165, 1.54) is 238 Å². The summed E-state index contributed by atoms with van der Waals surface area (Å²) in [5, 5.41) is 0. The van der Waals surface area contributed by atoms with Gasteiger partial charge in [-0.05, 0) is 166 Å². The Bertz CT molecular complexity index is 3930. The van der Waals surface area contributed by atoms with E-state index >= 15 is 0 Å². The van der Waals surface area contributed by atoms with Gasteiger partial charge in [0, 0.05) is 6.07 Å². The normalized spacial score (nSPS) is 11.2. The molecule has 0 aliphatic heterocycles. The number of carbonyl (C=O) groups is 1. The van der Waals surface area contributed by atoms with E-state index in [0.717, 1.165) is 131 Å². The molecule has 660 valence electrons. The van der Waals surface area contributed by atoms with Crippen LogP contribution in [0.15, 0.2) is 200 Å². The second kappa shape index (κ2) is 60.1. The zero-order valence-corrected chi connectivity index (χ0v) is 75.3. The minimum absolute atomic E-state index is 0.244. The van der Waals surface area contributed by atoms with Crippen molar-refractivity contribution in [3.63, 3.8) is 0 Å². The average Bonchev–Trinajstić information content (AvgIpc) is 0.829. The third-order valence-electron chi connectivity index (χ3n) is 22.9. The molecule has 0 atom stereocenters. The second-order valence-electron chi connectivity index (χ2n) is 33.3. The van der Waals surface area contributed by atoms with Crippen LogP contribution in [0.3, 0.4) is 0 Å². The summed E-state index contributed by atoms with van der Waals surface area (Å²) in [6, 6.07) is 66.9. The van der Waals surface area contributed by atoms with Gasteiger partial charge in [-0.25, -0.2) is 4.79 Å². The van der Waals surface area contributed by atoms with Gasteiger partial charge in [0.2, 0.25) is 0 Å².